The number of rotatable bonds is 3. The molecule has 0 radical (unpaired) electrons. The molecule has 0 atom stereocenters. The van der Waals surface area contributed by atoms with Crippen LogP contribution in [0.25, 0.3) is 27.3 Å². The van der Waals surface area contributed by atoms with Crippen LogP contribution in [0.4, 0.5) is 0 Å². The molecule has 0 aliphatic heterocycles. The van der Waals surface area contributed by atoms with Crippen molar-refractivity contribution in [1.82, 2.24) is 19.6 Å². The summed E-state index contributed by atoms with van der Waals surface area (Å²) in [6.07, 6.45) is 6.36. The van der Waals surface area contributed by atoms with Gasteiger partial charge < -0.3 is 0 Å². The summed E-state index contributed by atoms with van der Waals surface area (Å²) >= 11 is 1.20. The summed E-state index contributed by atoms with van der Waals surface area (Å²) in [7, 11) is -3.24. The van der Waals surface area contributed by atoms with Crippen LogP contribution >= 0.6 is 11.3 Å². The van der Waals surface area contributed by atoms with Gasteiger partial charge in [-0.05, 0) is 24.3 Å². The third-order valence-electron chi connectivity index (χ3n) is 3.77. The molecule has 0 spiro atoms. The minimum absolute atomic E-state index is 0.315. The molecule has 25 heavy (non-hydrogen) atoms. The summed E-state index contributed by atoms with van der Waals surface area (Å²) in [6.45, 7) is 0. The van der Waals surface area contributed by atoms with Gasteiger partial charge in [0.15, 0.2) is 9.84 Å². The average molecular weight is 369 g/mol. The summed E-state index contributed by atoms with van der Waals surface area (Å²) in [5, 5.41) is 15.7. The molecule has 0 amide bonds. The lowest BCUT2D eigenvalue weighted by Gasteiger charge is -2.03. The lowest BCUT2D eigenvalue weighted by atomic mass is 10.1. The van der Waals surface area contributed by atoms with Gasteiger partial charge >= 0.3 is 0 Å². The predicted molar refractivity (Wildman–Crippen MR) is 93.9 cm³/mol. The number of thiophene rings is 1. The molecule has 0 aliphatic carbocycles. The van der Waals surface area contributed by atoms with E-state index in [1.165, 1.54) is 17.6 Å². The Morgan fingerprint density at radius 1 is 1.24 bits per heavy atom. The maximum atomic E-state index is 11.7. The first kappa shape index (κ1) is 15.6. The zero-order valence-corrected chi connectivity index (χ0v) is 14.6. The number of fused-ring (bicyclic) bond motifs is 1. The normalized spacial score (nSPS) is 11.7. The summed E-state index contributed by atoms with van der Waals surface area (Å²) in [5.74, 6) is 0. The molecule has 4 rings (SSSR count). The Labute approximate surface area is 147 Å². The molecule has 0 aliphatic rings. The average Bonchev–Trinajstić information content (AvgIpc) is 3.31. The van der Waals surface area contributed by atoms with Gasteiger partial charge in [-0.15, -0.1) is 11.3 Å². The fourth-order valence-electron chi connectivity index (χ4n) is 2.57. The molecule has 0 aromatic carbocycles. The summed E-state index contributed by atoms with van der Waals surface area (Å²) in [4.78, 5) is 5.17. The van der Waals surface area contributed by atoms with Crippen LogP contribution in [0.3, 0.4) is 0 Å². The lowest BCUT2D eigenvalue weighted by molar-refractivity contribution is 0.604. The second-order valence-electron chi connectivity index (χ2n) is 5.45. The Morgan fingerprint density at radius 2 is 2.08 bits per heavy atom. The standard InChI is InChI=1S/C16H11N5O2S2/c1-25(22,23)16-5-3-14(24-16)13-8-18-15-4-2-10(9-21(13)15)11-7-19-20-12(11)6-17/h2-5,7-9H,1H3,(H,19,20). The van der Waals surface area contributed by atoms with Crippen molar-refractivity contribution in [2.24, 2.45) is 0 Å². The van der Waals surface area contributed by atoms with Crippen LogP contribution in [0.5, 0.6) is 0 Å². The summed E-state index contributed by atoms with van der Waals surface area (Å²) in [6, 6.07) is 9.16. The fraction of sp³-hybridized carbons (Fsp3) is 0.0625. The fourth-order valence-corrected chi connectivity index (χ4v) is 4.50. The summed E-state index contributed by atoms with van der Waals surface area (Å²) < 4.78 is 25.6. The van der Waals surface area contributed by atoms with Crippen LogP contribution in [0.2, 0.25) is 0 Å². The number of aromatic nitrogens is 4. The molecule has 0 unspecified atom stereocenters. The molecule has 0 fully saturated rings. The highest BCUT2D eigenvalue weighted by Crippen LogP contribution is 2.32. The molecule has 4 aromatic rings. The summed E-state index contributed by atoms with van der Waals surface area (Å²) in [5.41, 5.74) is 3.43. The molecule has 0 bridgehead atoms. The van der Waals surface area contributed by atoms with E-state index in [0.717, 1.165) is 21.8 Å². The number of nitriles is 1. The van der Waals surface area contributed by atoms with Crippen LogP contribution in [0.15, 0.2) is 47.1 Å². The van der Waals surface area contributed by atoms with Crippen molar-refractivity contribution in [3.8, 4) is 27.8 Å². The van der Waals surface area contributed by atoms with E-state index in [1.807, 2.05) is 22.7 Å². The minimum Gasteiger partial charge on any atom is -0.298 e. The molecular formula is C16H11N5O2S2. The van der Waals surface area contributed by atoms with Crippen molar-refractivity contribution in [1.29, 1.82) is 5.26 Å². The highest BCUT2D eigenvalue weighted by molar-refractivity contribution is 7.92. The van der Waals surface area contributed by atoms with Gasteiger partial charge in [0.1, 0.15) is 21.6 Å². The van der Waals surface area contributed by atoms with Crippen LogP contribution < -0.4 is 0 Å². The van der Waals surface area contributed by atoms with Crippen LogP contribution in [-0.4, -0.2) is 34.3 Å². The van der Waals surface area contributed by atoms with Gasteiger partial charge in [0.05, 0.1) is 23.0 Å². The number of imidazole rings is 1. The molecule has 0 saturated carbocycles. The number of nitrogens with one attached hydrogen (secondary N) is 1. The number of H-pyrrole nitrogens is 1. The SMILES string of the molecule is CS(=O)(=O)c1ccc(-c2cnc3ccc(-c4cn[nH]c4C#N)cn23)s1. The van der Waals surface area contributed by atoms with Gasteiger partial charge in [-0.25, -0.2) is 13.4 Å². The molecule has 7 nitrogen and oxygen atoms in total. The van der Waals surface area contributed by atoms with E-state index in [4.69, 9.17) is 5.26 Å². The van der Waals surface area contributed by atoms with E-state index < -0.39 is 9.84 Å². The van der Waals surface area contributed by atoms with Crippen LogP contribution in [-0.2, 0) is 9.84 Å². The van der Waals surface area contributed by atoms with Crippen molar-refractivity contribution < 1.29 is 8.42 Å². The zero-order chi connectivity index (χ0) is 17.6. The Kier molecular flexibility index (Phi) is 3.45. The molecule has 4 aromatic heterocycles. The quantitative estimate of drug-likeness (QED) is 0.598. The maximum absolute atomic E-state index is 11.7. The van der Waals surface area contributed by atoms with Crippen molar-refractivity contribution in [3.63, 3.8) is 0 Å². The van der Waals surface area contributed by atoms with E-state index in [0.29, 0.717) is 15.5 Å². The van der Waals surface area contributed by atoms with E-state index in [2.05, 4.69) is 21.3 Å². The second kappa shape index (κ2) is 5.54. The Balaban J connectivity index is 1.88. The van der Waals surface area contributed by atoms with Gasteiger partial charge in [0.25, 0.3) is 0 Å². The van der Waals surface area contributed by atoms with Gasteiger partial charge in [0, 0.05) is 23.6 Å². The van der Waals surface area contributed by atoms with Crippen molar-refractivity contribution in [3.05, 3.63) is 48.5 Å². The Bertz CT molecular complexity index is 1240. The van der Waals surface area contributed by atoms with Crippen molar-refractivity contribution in [2.45, 2.75) is 4.21 Å². The second-order valence-corrected chi connectivity index (χ2v) is 8.78. The third-order valence-corrected chi connectivity index (χ3v) is 6.69. The number of hydrogen-bond donors (Lipinski definition) is 1. The third kappa shape index (κ3) is 2.61. The molecular weight excluding hydrogens is 358 g/mol. The Hall–Kier alpha value is -2.96. The molecule has 0 saturated heterocycles. The van der Waals surface area contributed by atoms with Gasteiger partial charge in [0.2, 0.25) is 0 Å². The first-order chi connectivity index (χ1) is 12.0. The number of nitrogens with zero attached hydrogens (tertiary/aromatic N) is 4. The van der Waals surface area contributed by atoms with Crippen LogP contribution in [0, 0.1) is 11.3 Å². The van der Waals surface area contributed by atoms with E-state index >= 15 is 0 Å². The van der Waals surface area contributed by atoms with Crippen molar-refractivity contribution >= 4 is 26.8 Å². The topological polar surface area (TPSA) is 104 Å². The smallest absolute Gasteiger partial charge is 0.184 e. The molecule has 1 N–H and O–H groups in total. The minimum atomic E-state index is -3.24. The molecule has 4 heterocycles. The van der Waals surface area contributed by atoms with E-state index in [9.17, 15) is 8.42 Å². The van der Waals surface area contributed by atoms with Gasteiger partial charge in [-0.1, -0.05) is 0 Å². The molecule has 124 valence electrons. The largest absolute Gasteiger partial charge is 0.298 e. The number of hydrogen-bond acceptors (Lipinski definition) is 6. The van der Waals surface area contributed by atoms with Gasteiger partial charge in [-0.3, -0.25) is 9.50 Å². The highest BCUT2D eigenvalue weighted by atomic mass is 32.2. The predicted octanol–water partition coefficient (Wildman–Crippen LogP) is 2.73. The van der Waals surface area contributed by atoms with Crippen LogP contribution in [0.1, 0.15) is 5.69 Å². The van der Waals surface area contributed by atoms with Crippen molar-refractivity contribution in [2.75, 3.05) is 6.26 Å². The monoisotopic (exact) mass is 369 g/mol. The Morgan fingerprint density at radius 3 is 2.80 bits per heavy atom. The molecule has 9 heteroatoms. The van der Waals surface area contributed by atoms with Gasteiger partial charge in [-0.2, -0.15) is 10.4 Å². The highest BCUT2D eigenvalue weighted by Gasteiger charge is 2.15. The first-order valence-electron chi connectivity index (χ1n) is 7.18. The maximum Gasteiger partial charge on any atom is 0.184 e. The first-order valence-corrected chi connectivity index (χ1v) is 9.89. The number of sulfone groups is 1. The van der Waals surface area contributed by atoms with E-state index in [1.54, 1.807) is 24.5 Å². The number of pyridine rings is 1. The lowest BCUT2D eigenvalue weighted by Crippen LogP contribution is -1.92. The van der Waals surface area contributed by atoms with E-state index in [-0.39, 0.29) is 0 Å². The zero-order valence-electron chi connectivity index (χ0n) is 13.0. The number of aromatic amines is 1.